The van der Waals surface area contributed by atoms with Crippen LogP contribution in [0.1, 0.15) is 6.42 Å². The van der Waals surface area contributed by atoms with Gasteiger partial charge in [-0.05, 0) is 17.9 Å². The maximum Gasteiger partial charge on any atom is 0.407 e. The molecule has 0 aromatic rings. The third kappa shape index (κ3) is 3.15. The molecule has 1 saturated heterocycles. The smallest absolute Gasteiger partial charge is 0.407 e. The second kappa shape index (κ2) is 4.87. The van der Waals surface area contributed by atoms with E-state index in [2.05, 4.69) is 0 Å². The summed E-state index contributed by atoms with van der Waals surface area (Å²) in [5, 5.41) is 8.62. The molecule has 0 aromatic carbocycles. The largest absolute Gasteiger partial charge is 0.465 e. The predicted octanol–water partition coefficient (Wildman–Crippen LogP) is 1.79. The van der Waals surface area contributed by atoms with Crippen molar-refractivity contribution in [3.8, 4) is 0 Å². The second-order valence-corrected chi connectivity index (χ2v) is 5.61. The fourth-order valence-electron chi connectivity index (χ4n) is 0.944. The average Bonchev–Trinajstić information content (AvgIpc) is 2.06. The molecule has 1 amide bonds. The molecule has 1 rings (SSSR count). The van der Waals surface area contributed by atoms with Crippen molar-refractivity contribution in [1.82, 2.24) is 4.90 Å². The Bertz CT molecular complexity index is 159. The van der Waals surface area contributed by atoms with E-state index in [0.717, 1.165) is 0 Å². The first-order valence-corrected chi connectivity index (χ1v) is 5.97. The molecule has 0 aromatic heterocycles. The zero-order chi connectivity index (χ0) is 8.97. The number of nitrogens with zero attached hydrogens (tertiary/aromatic N) is 1. The summed E-state index contributed by atoms with van der Waals surface area (Å²) in [6.07, 6.45) is 0.421. The normalized spacial score (nSPS) is 19.1. The first-order valence-electron chi connectivity index (χ1n) is 3.87. The third-order valence-electron chi connectivity index (χ3n) is 1.65. The van der Waals surface area contributed by atoms with Gasteiger partial charge in [-0.1, -0.05) is 0 Å². The molecule has 0 aliphatic carbocycles. The van der Waals surface area contributed by atoms with Crippen molar-refractivity contribution >= 4 is 29.6 Å². The van der Waals surface area contributed by atoms with Crippen LogP contribution in [-0.4, -0.2) is 45.8 Å². The molecule has 1 aliphatic rings. The molecule has 12 heavy (non-hydrogen) atoms. The molecule has 5 heteroatoms. The van der Waals surface area contributed by atoms with Crippen LogP contribution in [-0.2, 0) is 0 Å². The van der Waals surface area contributed by atoms with Gasteiger partial charge in [-0.3, -0.25) is 0 Å². The van der Waals surface area contributed by atoms with Crippen LogP contribution in [0.4, 0.5) is 4.79 Å². The Hall–Kier alpha value is -0.0300. The summed E-state index contributed by atoms with van der Waals surface area (Å²) in [5.41, 5.74) is 0. The lowest BCUT2D eigenvalue weighted by Crippen LogP contribution is -2.31. The summed E-state index contributed by atoms with van der Waals surface area (Å²) in [6, 6.07) is 0. The Kier molecular flexibility index (Phi) is 4.08. The highest BCUT2D eigenvalue weighted by molar-refractivity contribution is 8.17. The second-order valence-electron chi connectivity index (χ2n) is 2.69. The van der Waals surface area contributed by atoms with E-state index in [1.54, 1.807) is 7.05 Å². The first kappa shape index (κ1) is 10.1. The number of hydrogen-bond acceptors (Lipinski definition) is 3. The van der Waals surface area contributed by atoms with Crippen molar-refractivity contribution in [3.63, 3.8) is 0 Å². The van der Waals surface area contributed by atoms with Gasteiger partial charge in [0, 0.05) is 13.6 Å². The topological polar surface area (TPSA) is 40.5 Å². The Morgan fingerprint density at radius 3 is 2.67 bits per heavy atom. The molecule has 0 atom stereocenters. The molecule has 0 spiro atoms. The van der Waals surface area contributed by atoms with E-state index in [1.807, 2.05) is 23.5 Å². The molecule has 0 radical (unpaired) electrons. The lowest BCUT2D eigenvalue weighted by Gasteiger charge is -2.24. The number of amides is 1. The molecule has 1 aliphatic heterocycles. The first-order chi connectivity index (χ1) is 5.70. The van der Waals surface area contributed by atoms with E-state index in [1.165, 1.54) is 22.8 Å². The predicted molar refractivity (Wildman–Crippen MR) is 54.0 cm³/mol. The van der Waals surface area contributed by atoms with Gasteiger partial charge in [0.25, 0.3) is 0 Å². The third-order valence-corrected chi connectivity index (χ3v) is 4.55. The van der Waals surface area contributed by atoms with E-state index >= 15 is 0 Å². The highest BCUT2D eigenvalue weighted by Crippen LogP contribution is 2.30. The standard InChI is InChI=1S/C7H13NO2S2/c1-8(7(9)10)5-6-11-3-2-4-12-6/h6H,2-5H2,1H3,(H,9,10). The summed E-state index contributed by atoms with van der Waals surface area (Å²) in [4.78, 5) is 11.8. The number of hydrogen-bond donors (Lipinski definition) is 1. The Morgan fingerprint density at radius 1 is 1.58 bits per heavy atom. The van der Waals surface area contributed by atoms with Gasteiger partial charge in [-0.2, -0.15) is 0 Å². The zero-order valence-electron chi connectivity index (χ0n) is 7.02. The average molecular weight is 207 g/mol. The molecular weight excluding hydrogens is 194 g/mol. The Balaban J connectivity index is 2.24. The SMILES string of the molecule is CN(CC1SCCCS1)C(=O)O. The van der Waals surface area contributed by atoms with Gasteiger partial charge in [0.2, 0.25) is 0 Å². The maximum atomic E-state index is 10.5. The van der Waals surface area contributed by atoms with Crippen molar-refractivity contribution in [2.75, 3.05) is 25.1 Å². The van der Waals surface area contributed by atoms with E-state index < -0.39 is 6.09 Å². The molecule has 0 unspecified atom stereocenters. The van der Waals surface area contributed by atoms with Crippen LogP contribution in [0.3, 0.4) is 0 Å². The summed E-state index contributed by atoms with van der Waals surface area (Å²) < 4.78 is 0.444. The maximum absolute atomic E-state index is 10.5. The highest BCUT2D eigenvalue weighted by Gasteiger charge is 2.18. The monoisotopic (exact) mass is 207 g/mol. The molecule has 0 saturated carbocycles. The van der Waals surface area contributed by atoms with Gasteiger partial charge in [0.15, 0.2) is 0 Å². The lowest BCUT2D eigenvalue weighted by atomic mass is 10.6. The molecule has 70 valence electrons. The van der Waals surface area contributed by atoms with Gasteiger partial charge in [0.05, 0.1) is 4.58 Å². The van der Waals surface area contributed by atoms with Gasteiger partial charge >= 0.3 is 6.09 Å². The summed E-state index contributed by atoms with van der Waals surface area (Å²) in [5.74, 6) is 2.34. The van der Waals surface area contributed by atoms with Gasteiger partial charge < -0.3 is 10.0 Å². The van der Waals surface area contributed by atoms with Crippen molar-refractivity contribution < 1.29 is 9.90 Å². The van der Waals surface area contributed by atoms with Crippen molar-refractivity contribution in [1.29, 1.82) is 0 Å². The fourth-order valence-corrected chi connectivity index (χ4v) is 3.89. The van der Waals surface area contributed by atoms with Crippen LogP contribution in [0.15, 0.2) is 0 Å². The van der Waals surface area contributed by atoms with Crippen LogP contribution < -0.4 is 0 Å². The van der Waals surface area contributed by atoms with Gasteiger partial charge in [-0.25, -0.2) is 4.79 Å². The zero-order valence-corrected chi connectivity index (χ0v) is 8.66. The Labute approximate surface area is 80.9 Å². The minimum Gasteiger partial charge on any atom is -0.465 e. The summed E-state index contributed by atoms with van der Waals surface area (Å²) in [7, 11) is 1.62. The summed E-state index contributed by atoms with van der Waals surface area (Å²) in [6.45, 7) is 0.644. The lowest BCUT2D eigenvalue weighted by molar-refractivity contribution is 0.158. The number of carbonyl (C=O) groups is 1. The fraction of sp³-hybridized carbons (Fsp3) is 0.857. The van der Waals surface area contributed by atoms with Crippen molar-refractivity contribution in [2.24, 2.45) is 0 Å². The van der Waals surface area contributed by atoms with Crippen LogP contribution in [0, 0.1) is 0 Å². The molecule has 1 fully saturated rings. The van der Waals surface area contributed by atoms with Crippen LogP contribution in [0.5, 0.6) is 0 Å². The van der Waals surface area contributed by atoms with Crippen molar-refractivity contribution in [2.45, 2.75) is 11.0 Å². The highest BCUT2D eigenvalue weighted by atomic mass is 32.2. The van der Waals surface area contributed by atoms with Crippen LogP contribution in [0.2, 0.25) is 0 Å². The molecule has 1 heterocycles. The van der Waals surface area contributed by atoms with E-state index in [-0.39, 0.29) is 0 Å². The van der Waals surface area contributed by atoms with E-state index in [0.29, 0.717) is 11.1 Å². The number of thioether (sulfide) groups is 2. The van der Waals surface area contributed by atoms with Crippen molar-refractivity contribution in [3.05, 3.63) is 0 Å². The quantitative estimate of drug-likeness (QED) is 0.749. The minimum absolute atomic E-state index is 0.444. The Morgan fingerprint density at radius 2 is 2.17 bits per heavy atom. The van der Waals surface area contributed by atoms with Gasteiger partial charge in [0.1, 0.15) is 0 Å². The molecular formula is C7H13NO2S2. The van der Waals surface area contributed by atoms with E-state index in [4.69, 9.17) is 5.11 Å². The minimum atomic E-state index is -0.832. The van der Waals surface area contributed by atoms with Gasteiger partial charge in [-0.15, -0.1) is 23.5 Å². The van der Waals surface area contributed by atoms with E-state index in [9.17, 15) is 4.79 Å². The van der Waals surface area contributed by atoms with Crippen LogP contribution in [0.25, 0.3) is 0 Å². The molecule has 3 nitrogen and oxygen atoms in total. The number of carboxylic acid groups (broad SMARTS) is 1. The van der Waals surface area contributed by atoms with Crippen LogP contribution >= 0.6 is 23.5 Å². The number of rotatable bonds is 2. The summed E-state index contributed by atoms with van der Waals surface area (Å²) >= 11 is 3.73. The molecule has 1 N–H and O–H groups in total. The molecule has 0 bridgehead atoms.